The van der Waals surface area contributed by atoms with Crippen LogP contribution in [0.3, 0.4) is 0 Å². The lowest BCUT2D eigenvalue weighted by molar-refractivity contribution is 0.580. The van der Waals surface area contributed by atoms with Gasteiger partial charge in [-0.25, -0.2) is 4.98 Å². The van der Waals surface area contributed by atoms with Crippen molar-refractivity contribution in [2.24, 2.45) is 7.05 Å². The molecule has 2 heterocycles. The number of hydrogen-bond acceptors (Lipinski definition) is 2. The van der Waals surface area contributed by atoms with Crippen molar-refractivity contribution in [2.75, 3.05) is 6.54 Å². The van der Waals surface area contributed by atoms with E-state index in [0.717, 1.165) is 6.54 Å². The van der Waals surface area contributed by atoms with Gasteiger partial charge in [-0.3, -0.25) is 0 Å². The van der Waals surface area contributed by atoms with Gasteiger partial charge in [-0.05, 0) is 19.4 Å². The molecule has 0 unspecified atom stereocenters. The van der Waals surface area contributed by atoms with Crippen LogP contribution in [0, 0.1) is 0 Å². The summed E-state index contributed by atoms with van der Waals surface area (Å²) in [7, 11) is 2.04. The smallest absolute Gasteiger partial charge is 0.125 e. The van der Waals surface area contributed by atoms with Crippen LogP contribution in [-0.4, -0.2) is 16.1 Å². The second-order valence-corrected chi connectivity index (χ2v) is 3.05. The molecule has 1 aliphatic heterocycles. The summed E-state index contributed by atoms with van der Waals surface area (Å²) in [5.74, 6) is 1.17. The number of rotatable bonds is 1. The highest BCUT2D eigenvalue weighted by molar-refractivity contribution is 5.00. The van der Waals surface area contributed by atoms with Crippen molar-refractivity contribution in [1.82, 2.24) is 14.9 Å². The molecule has 0 amide bonds. The van der Waals surface area contributed by atoms with Crippen LogP contribution in [0.15, 0.2) is 12.4 Å². The summed E-state index contributed by atoms with van der Waals surface area (Å²) in [5, 5.41) is 3.42. The van der Waals surface area contributed by atoms with Crippen molar-refractivity contribution in [3.63, 3.8) is 0 Å². The second kappa shape index (κ2) is 2.66. The molecule has 0 bridgehead atoms. The van der Waals surface area contributed by atoms with E-state index in [2.05, 4.69) is 14.9 Å². The van der Waals surface area contributed by atoms with Crippen molar-refractivity contribution in [1.29, 1.82) is 0 Å². The molecule has 60 valence electrons. The molecule has 0 radical (unpaired) electrons. The molecule has 2 rings (SSSR count). The largest absolute Gasteiger partial charge is 0.337 e. The average Bonchev–Trinajstić information content (AvgIpc) is 2.55. The zero-order valence-corrected chi connectivity index (χ0v) is 6.75. The standard InChI is InChI=1S/C8H13N3/c1-11-6-5-10-8(11)7-3-2-4-9-7/h5-7,9H,2-4H2,1H3/t7-/m0/s1. The van der Waals surface area contributed by atoms with E-state index in [9.17, 15) is 0 Å². The van der Waals surface area contributed by atoms with Gasteiger partial charge in [0.05, 0.1) is 6.04 Å². The van der Waals surface area contributed by atoms with Crippen molar-refractivity contribution in [2.45, 2.75) is 18.9 Å². The quantitative estimate of drug-likeness (QED) is 0.644. The molecule has 1 aromatic heterocycles. The van der Waals surface area contributed by atoms with Crippen LogP contribution in [-0.2, 0) is 7.05 Å². The molecule has 0 aromatic carbocycles. The topological polar surface area (TPSA) is 29.9 Å². The van der Waals surface area contributed by atoms with Gasteiger partial charge in [-0.15, -0.1) is 0 Å². The lowest BCUT2D eigenvalue weighted by Gasteiger charge is -2.08. The molecule has 1 fully saturated rings. The predicted molar refractivity (Wildman–Crippen MR) is 43.2 cm³/mol. The Morgan fingerprint density at radius 1 is 1.73 bits per heavy atom. The van der Waals surface area contributed by atoms with E-state index in [1.165, 1.54) is 18.7 Å². The van der Waals surface area contributed by atoms with E-state index < -0.39 is 0 Å². The normalized spacial score (nSPS) is 24.3. The summed E-state index contributed by atoms with van der Waals surface area (Å²) in [6.45, 7) is 1.14. The highest BCUT2D eigenvalue weighted by Gasteiger charge is 2.18. The Kier molecular flexibility index (Phi) is 1.66. The maximum absolute atomic E-state index is 4.30. The summed E-state index contributed by atoms with van der Waals surface area (Å²) in [6, 6.07) is 0.495. The predicted octanol–water partition coefficient (Wildman–Crippen LogP) is 0.845. The average molecular weight is 151 g/mol. The van der Waals surface area contributed by atoms with Crippen LogP contribution in [0.1, 0.15) is 24.7 Å². The fraction of sp³-hybridized carbons (Fsp3) is 0.625. The maximum atomic E-state index is 4.30. The van der Waals surface area contributed by atoms with Crippen molar-refractivity contribution in [3.05, 3.63) is 18.2 Å². The van der Waals surface area contributed by atoms with E-state index in [-0.39, 0.29) is 0 Å². The van der Waals surface area contributed by atoms with Gasteiger partial charge in [0.25, 0.3) is 0 Å². The minimum atomic E-state index is 0.495. The third-order valence-corrected chi connectivity index (χ3v) is 2.23. The number of aryl methyl sites for hydroxylation is 1. The molecule has 1 atom stereocenters. The second-order valence-electron chi connectivity index (χ2n) is 3.05. The van der Waals surface area contributed by atoms with E-state index >= 15 is 0 Å². The summed E-state index contributed by atoms with van der Waals surface area (Å²) in [5.41, 5.74) is 0. The van der Waals surface area contributed by atoms with Crippen LogP contribution in [0.5, 0.6) is 0 Å². The van der Waals surface area contributed by atoms with Crippen LogP contribution in [0.4, 0.5) is 0 Å². The Balaban J connectivity index is 2.21. The number of aromatic nitrogens is 2. The third-order valence-electron chi connectivity index (χ3n) is 2.23. The molecule has 0 aliphatic carbocycles. The molecule has 11 heavy (non-hydrogen) atoms. The Morgan fingerprint density at radius 2 is 2.64 bits per heavy atom. The molecule has 1 saturated heterocycles. The zero-order valence-electron chi connectivity index (χ0n) is 6.75. The molecular weight excluding hydrogens is 138 g/mol. The van der Waals surface area contributed by atoms with E-state index in [0.29, 0.717) is 6.04 Å². The van der Waals surface area contributed by atoms with E-state index in [1.54, 1.807) is 0 Å². The van der Waals surface area contributed by atoms with Gasteiger partial charge in [0.2, 0.25) is 0 Å². The minimum absolute atomic E-state index is 0.495. The van der Waals surface area contributed by atoms with Crippen LogP contribution >= 0.6 is 0 Å². The SMILES string of the molecule is Cn1ccnc1[C@@H]1CCCN1. The highest BCUT2D eigenvalue weighted by atomic mass is 15.1. The summed E-state index contributed by atoms with van der Waals surface area (Å²) >= 11 is 0. The van der Waals surface area contributed by atoms with Gasteiger partial charge in [0, 0.05) is 19.4 Å². The first-order valence-electron chi connectivity index (χ1n) is 4.08. The van der Waals surface area contributed by atoms with Crippen LogP contribution in [0.25, 0.3) is 0 Å². The number of nitrogens with zero attached hydrogens (tertiary/aromatic N) is 2. The van der Waals surface area contributed by atoms with Gasteiger partial charge in [-0.2, -0.15) is 0 Å². The summed E-state index contributed by atoms with van der Waals surface area (Å²) in [4.78, 5) is 4.30. The van der Waals surface area contributed by atoms with Crippen LogP contribution in [0.2, 0.25) is 0 Å². The lowest BCUT2D eigenvalue weighted by Crippen LogP contribution is -2.16. The van der Waals surface area contributed by atoms with Gasteiger partial charge in [0.1, 0.15) is 5.82 Å². The van der Waals surface area contributed by atoms with E-state index in [1.807, 2.05) is 19.4 Å². The summed E-state index contributed by atoms with van der Waals surface area (Å²) in [6.07, 6.45) is 6.35. The first-order valence-corrected chi connectivity index (χ1v) is 4.08. The lowest BCUT2D eigenvalue weighted by atomic mass is 10.2. The van der Waals surface area contributed by atoms with Crippen molar-refractivity contribution >= 4 is 0 Å². The monoisotopic (exact) mass is 151 g/mol. The van der Waals surface area contributed by atoms with Crippen molar-refractivity contribution in [3.8, 4) is 0 Å². The Bertz CT molecular complexity index is 235. The molecular formula is C8H13N3. The van der Waals surface area contributed by atoms with Gasteiger partial charge in [0.15, 0.2) is 0 Å². The zero-order chi connectivity index (χ0) is 7.68. The Morgan fingerprint density at radius 3 is 3.18 bits per heavy atom. The Hall–Kier alpha value is -0.830. The van der Waals surface area contributed by atoms with Gasteiger partial charge >= 0.3 is 0 Å². The number of nitrogens with one attached hydrogen (secondary N) is 1. The number of imidazole rings is 1. The van der Waals surface area contributed by atoms with Gasteiger partial charge < -0.3 is 9.88 Å². The number of hydrogen-bond donors (Lipinski definition) is 1. The summed E-state index contributed by atoms with van der Waals surface area (Å²) < 4.78 is 2.09. The maximum Gasteiger partial charge on any atom is 0.125 e. The minimum Gasteiger partial charge on any atom is -0.337 e. The fourth-order valence-corrected chi connectivity index (χ4v) is 1.62. The van der Waals surface area contributed by atoms with E-state index in [4.69, 9.17) is 0 Å². The highest BCUT2D eigenvalue weighted by Crippen LogP contribution is 2.20. The van der Waals surface area contributed by atoms with Crippen molar-refractivity contribution < 1.29 is 0 Å². The molecule has 1 aromatic rings. The molecule has 1 N–H and O–H groups in total. The third kappa shape index (κ3) is 1.16. The molecule has 0 spiro atoms. The molecule has 0 saturated carbocycles. The molecule has 1 aliphatic rings. The fourth-order valence-electron chi connectivity index (χ4n) is 1.62. The Labute approximate surface area is 66.4 Å². The molecule has 3 heteroatoms. The first-order chi connectivity index (χ1) is 5.38. The molecule has 3 nitrogen and oxygen atoms in total. The van der Waals surface area contributed by atoms with Crippen LogP contribution < -0.4 is 5.32 Å². The van der Waals surface area contributed by atoms with Gasteiger partial charge in [-0.1, -0.05) is 0 Å². The first kappa shape index (κ1) is 6.85.